The van der Waals surface area contributed by atoms with E-state index < -0.39 is 0 Å². The summed E-state index contributed by atoms with van der Waals surface area (Å²) in [6.07, 6.45) is 8.19. The van der Waals surface area contributed by atoms with Crippen molar-refractivity contribution in [2.75, 3.05) is 0 Å². The van der Waals surface area contributed by atoms with Crippen molar-refractivity contribution in [3.05, 3.63) is 53.7 Å². The van der Waals surface area contributed by atoms with Crippen LogP contribution in [-0.2, 0) is 6.42 Å². The minimum atomic E-state index is 0.0220. The lowest BCUT2D eigenvalue weighted by Gasteiger charge is -1.98. The van der Waals surface area contributed by atoms with E-state index in [1.807, 2.05) is 19.1 Å². The van der Waals surface area contributed by atoms with Gasteiger partial charge in [0, 0.05) is 31.2 Å². The fraction of sp³-hybridized carbons (Fsp3) is 0.353. The number of aromatic nitrogens is 5. The van der Waals surface area contributed by atoms with Crippen LogP contribution < -0.4 is 0 Å². The van der Waals surface area contributed by atoms with Crippen molar-refractivity contribution in [1.29, 1.82) is 0 Å². The van der Waals surface area contributed by atoms with Crippen molar-refractivity contribution in [3.63, 3.8) is 0 Å². The third-order valence-electron chi connectivity index (χ3n) is 4.10. The standard InChI is InChI=1S/C17H17N5O2/c1-11-14(10-22(20-11)13-3-2-8-18-9-13)15(23)6-7-16-19-17(21-24-16)12-4-5-12/h2-3,8-10,12H,4-7H2,1H3. The quantitative estimate of drug-likeness (QED) is 0.648. The molecule has 1 aliphatic carbocycles. The van der Waals surface area contributed by atoms with Crippen LogP contribution >= 0.6 is 0 Å². The lowest BCUT2D eigenvalue weighted by molar-refractivity contribution is 0.0979. The number of pyridine rings is 1. The predicted octanol–water partition coefficient (Wildman–Crippen LogP) is 2.65. The molecule has 1 saturated carbocycles. The summed E-state index contributed by atoms with van der Waals surface area (Å²) in [4.78, 5) is 20.9. The second-order valence-corrected chi connectivity index (χ2v) is 6.03. The third-order valence-corrected chi connectivity index (χ3v) is 4.10. The molecule has 0 aromatic carbocycles. The summed E-state index contributed by atoms with van der Waals surface area (Å²) in [5.74, 6) is 1.78. The zero-order valence-electron chi connectivity index (χ0n) is 13.3. The normalized spacial score (nSPS) is 14.0. The molecule has 1 aliphatic rings. The van der Waals surface area contributed by atoms with Crippen molar-refractivity contribution >= 4 is 5.78 Å². The van der Waals surface area contributed by atoms with E-state index in [9.17, 15) is 4.79 Å². The Hall–Kier alpha value is -2.83. The van der Waals surface area contributed by atoms with Crippen LogP contribution in [0.4, 0.5) is 0 Å². The fourth-order valence-corrected chi connectivity index (χ4v) is 2.59. The first-order chi connectivity index (χ1) is 11.7. The van der Waals surface area contributed by atoms with Crippen LogP contribution in [0.3, 0.4) is 0 Å². The van der Waals surface area contributed by atoms with Gasteiger partial charge in [-0.1, -0.05) is 5.16 Å². The summed E-state index contributed by atoms with van der Waals surface area (Å²) in [5.41, 5.74) is 2.14. The van der Waals surface area contributed by atoms with E-state index in [2.05, 4.69) is 20.2 Å². The van der Waals surface area contributed by atoms with Crippen molar-refractivity contribution in [2.45, 2.75) is 38.5 Å². The summed E-state index contributed by atoms with van der Waals surface area (Å²) in [6, 6.07) is 3.73. The van der Waals surface area contributed by atoms with Gasteiger partial charge in [0.25, 0.3) is 0 Å². The molecule has 4 rings (SSSR count). The summed E-state index contributed by atoms with van der Waals surface area (Å²) in [5, 5.41) is 8.37. The van der Waals surface area contributed by atoms with Crippen LogP contribution in [0, 0.1) is 6.92 Å². The molecule has 1 fully saturated rings. The van der Waals surface area contributed by atoms with Gasteiger partial charge in [-0.3, -0.25) is 9.78 Å². The van der Waals surface area contributed by atoms with Gasteiger partial charge in [0.05, 0.1) is 23.1 Å². The predicted molar refractivity (Wildman–Crippen MR) is 85.0 cm³/mol. The zero-order valence-corrected chi connectivity index (χ0v) is 13.3. The molecule has 0 radical (unpaired) electrons. The van der Waals surface area contributed by atoms with Gasteiger partial charge in [-0.05, 0) is 31.9 Å². The number of nitrogens with zero attached hydrogens (tertiary/aromatic N) is 5. The molecule has 0 aliphatic heterocycles. The molecule has 0 saturated heterocycles. The molecular weight excluding hydrogens is 306 g/mol. The highest BCUT2D eigenvalue weighted by molar-refractivity contribution is 5.97. The maximum absolute atomic E-state index is 12.5. The lowest BCUT2D eigenvalue weighted by Crippen LogP contribution is -2.02. The van der Waals surface area contributed by atoms with E-state index in [1.54, 1.807) is 23.3 Å². The molecule has 0 atom stereocenters. The monoisotopic (exact) mass is 323 g/mol. The Balaban J connectivity index is 1.45. The van der Waals surface area contributed by atoms with Crippen LogP contribution in [-0.4, -0.2) is 30.7 Å². The fourth-order valence-electron chi connectivity index (χ4n) is 2.59. The van der Waals surface area contributed by atoms with Gasteiger partial charge in [0.1, 0.15) is 0 Å². The highest BCUT2D eigenvalue weighted by Gasteiger charge is 2.28. The van der Waals surface area contributed by atoms with E-state index in [-0.39, 0.29) is 5.78 Å². The highest BCUT2D eigenvalue weighted by Crippen LogP contribution is 2.38. The number of hydrogen-bond acceptors (Lipinski definition) is 6. The van der Waals surface area contributed by atoms with Crippen LogP contribution in [0.15, 0.2) is 35.2 Å². The first-order valence-electron chi connectivity index (χ1n) is 8.03. The molecule has 3 aromatic rings. The second kappa shape index (κ2) is 5.99. The Kier molecular flexibility index (Phi) is 3.68. The molecule has 3 aromatic heterocycles. The van der Waals surface area contributed by atoms with E-state index in [0.29, 0.717) is 35.9 Å². The molecule has 7 nitrogen and oxygen atoms in total. The summed E-state index contributed by atoms with van der Waals surface area (Å²) >= 11 is 0. The van der Waals surface area contributed by atoms with Crippen molar-refractivity contribution in [1.82, 2.24) is 24.9 Å². The number of carbonyl (C=O) groups excluding carboxylic acids is 1. The van der Waals surface area contributed by atoms with Crippen LogP contribution in [0.25, 0.3) is 5.69 Å². The topological polar surface area (TPSA) is 86.7 Å². The Morgan fingerprint density at radius 3 is 3.04 bits per heavy atom. The van der Waals surface area contributed by atoms with Crippen molar-refractivity contribution in [2.24, 2.45) is 0 Å². The van der Waals surface area contributed by atoms with Gasteiger partial charge in [0.2, 0.25) is 5.89 Å². The van der Waals surface area contributed by atoms with Gasteiger partial charge in [-0.2, -0.15) is 10.1 Å². The third kappa shape index (κ3) is 2.97. The molecule has 3 heterocycles. The number of Topliss-reactive ketones (excluding diaryl/α,β-unsaturated/α-hetero) is 1. The van der Waals surface area contributed by atoms with E-state index >= 15 is 0 Å². The Morgan fingerprint density at radius 1 is 1.42 bits per heavy atom. The molecule has 0 unspecified atom stereocenters. The van der Waals surface area contributed by atoms with Crippen LogP contribution in [0.5, 0.6) is 0 Å². The van der Waals surface area contributed by atoms with Gasteiger partial charge in [-0.25, -0.2) is 4.68 Å². The minimum Gasteiger partial charge on any atom is -0.339 e. The number of carbonyl (C=O) groups is 1. The van der Waals surface area contributed by atoms with Gasteiger partial charge in [0.15, 0.2) is 11.6 Å². The molecule has 122 valence electrons. The molecule has 24 heavy (non-hydrogen) atoms. The average Bonchev–Trinajstić information content (AvgIpc) is 3.22. The highest BCUT2D eigenvalue weighted by atomic mass is 16.5. The van der Waals surface area contributed by atoms with Gasteiger partial charge < -0.3 is 4.52 Å². The molecule has 0 N–H and O–H groups in total. The average molecular weight is 323 g/mol. The number of ketones is 1. The maximum Gasteiger partial charge on any atom is 0.227 e. The summed E-state index contributed by atoms with van der Waals surface area (Å²) < 4.78 is 6.89. The molecule has 0 bridgehead atoms. The number of aryl methyl sites for hydroxylation is 2. The summed E-state index contributed by atoms with van der Waals surface area (Å²) in [7, 11) is 0. The molecule has 0 spiro atoms. The van der Waals surface area contributed by atoms with E-state index in [4.69, 9.17) is 4.52 Å². The Labute approximate surface area is 138 Å². The number of rotatable bonds is 6. The maximum atomic E-state index is 12.5. The van der Waals surface area contributed by atoms with E-state index in [0.717, 1.165) is 24.4 Å². The summed E-state index contributed by atoms with van der Waals surface area (Å²) in [6.45, 7) is 1.83. The molecular formula is C17H17N5O2. The smallest absolute Gasteiger partial charge is 0.227 e. The lowest BCUT2D eigenvalue weighted by atomic mass is 10.1. The Morgan fingerprint density at radius 2 is 2.29 bits per heavy atom. The first kappa shape index (κ1) is 14.7. The number of hydrogen-bond donors (Lipinski definition) is 0. The van der Waals surface area contributed by atoms with E-state index in [1.165, 1.54) is 0 Å². The largest absolute Gasteiger partial charge is 0.339 e. The van der Waals surface area contributed by atoms with Crippen molar-refractivity contribution < 1.29 is 9.32 Å². The minimum absolute atomic E-state index is 0.0220. The SMILES string of the molecule is Cc1nn(-c2cccnc2)cc1C(=O)CCc1nc(C2CC2)no1. The molecule has 7 heteroatoms. The zero-order chi connectivity index (χ0) is 16.5. The van der Waals surface area contributed by atoms with Gasteiger partial charge in [-0.15, -0.1) is 0 Å². The molecule has 0 amide bonds. The van der Waals surface area contributed by atoms with Gasteiger partial charge >= 0.3 is 0 Å². The first-order valence-corrected chi connectivity index (χ1v) is 8.03. The second-order valence-electron chi connectivity index (χ2n) is 6.03. The Bertz CT molecular complexity index is 864. The van der Waals surface area contributed by atoms with Crippen molar-refractivity contribution in [3.8, 4) is 5.69 Å². The van der Waals surface area contributed by atoms with Crippen LogP contribution in [0.2, 0.25) is 0 Å². The van der Waals surface area contributed by atoms with Crippen LogP contribution in [0.1, 0.15) is 52.9 Å².